The van der Waals surface area contributed by atoms with Crippen molar-refractivity contribution in [1.82, 2.24) is 15.1 Å². The molecule has 3 rings (SSSR count). The lowest BCUT2D eigenvalue weighted by atomic mass is 9.96. The van der Waals surface area contributed by atoms with E-state index >= 15 is 0 Å². The number of piperidine rings is 1. The number of rotatable bonds is 7. The molecule has 246 valence electrons. The zero-order valence-electron chi connectivity index (χ0n) is 27.1. The van der Waals surface area contributed by atoms with Crippen LogP contribution in [0.4, 0.5) is 23.7 Å². The van der Waals surface area contributed by atoms with Crippen molar-refractivity contribution in [1.29, 1.82) is 0 Å². The lowest BCUT2D eigenvalue weighted by Crippen LogP contribution is -2.56. The molecular formula is C31H45F3N4O6. The van der Waals surface area contributed by atoms with Gasteiger partial charge in [0, 0.05) is 38.1 Å². The highest BCUT2D eigenvalue weighted by molar-refractivity contribution is 6.05. The fourth-order valence-corrected chi connectivity index (χ4v) is 5.54. The summed E-state index contributed by atoms with van der Waals surface area (Å²) in [5.41, 5.74) is -4.05. The summed E-state index contributed by atoms with van der Waals surface area (Å²) in [5, 5.41) is 2.76. The Morgan fingerprint density at radius 3 is 2.34 bits per heavy atom. The molecule has 2 atom stereocenters. The summed E-state index contributed by atoms with van der Waals surface area (Å²) in [7, 11) is 0. The van der Waals surface area contributed by atoms with Crippen molar-refractivity contribution in [3.8, 4) is 5.75 Å². The van der Waals surface area contributed by atoms with E-state index in [1.807, 2.05) is 0 Å². The number of nitrogens with one attached hydrogen (secondary N) is 1. The van der Waals surface area contributed by atoms with Crippen molar-refractivity contribution in [2.24, 2.45) is 0 Å². The summed E-state index contributed by atoms with van der Waals surface area (Å²) in [6.07, 6.45) is -4.24. The topological polar surface area (TPSA) is 108 Å². The minimum atomic E-state index is -4.92. The number of anilines is 1. The summed E-state index contributed by atoms with van der Waals surface area (Å²) in [5.74, 6) is -1.85. The summed E-state index contributed by atoms with van der Waals surface area (Å²) in [6, 6.07) is 0.207. The number of hydrogen-bond acceptors (Lipinski definition) is 6. The molecule has 1 N–H and O–H groups in total. The quantitative estimate of drug-likeness (QED) is 0.436. The maximum atomic E-state index is 14.5. The van der Waals surface area contributed by atoms with Crippen LogP contribution in [0.2, 0.25) is 0 Å². The average Bonchev–Trinajstić information content (AvgIpc) is 2.89. The van der Waals surface area contributed by atoms with Gasteiger partial charge in [-0.15, -0.1) is 0 Å². The number of hydrogen-bond donors (Lipinski definition) is 1. The Hall–Kier alpha value is -3.51. The van der Waals surface area contributed by atoms with E-state index in [2.05, 4.69) is 5.32 Å². The molecule has 1 aromatic carbocycles. The Morgan fingerprint density at radius 1 is 1.16 bits per heavy atom. The molecule has 0 aromatic heterocycles. The van der Waals surface area contributed by atoms with E-state index in [0.717, 1.165) is 12.1 Å². The summed E-state index contributed by atoms with van der Waals surface area (Å²) >= 11 is 0. The molecule has 44 heavy (non-hydrogen) atoms. The number of carbonyl (C=O) groups is 4. The first-order valence-corrected chi connectivity index (χ1v) is 15.0. The number of carbonyl (C=O) groups excluding carboxylic acids is 4. The monoisotopic (exact) mass is 626 g/mol. The maximum Gasteiger partial charge on any atom is 0.417 e. The molecule has 2 aliphatic heterocycles. The number of likely N-dealkylation sites (tertiary alicyclic amines) is 1. The Morgan fingerprint density at radius 2 is 1.80 bits per heavy atom. The normalized spacial score (nSPS) is 19.2. The van der Waals surface area contributed by atoms with E-state index in [4.69, 9.17) is 9.47 Å². The van der Waals surface area contributed by atoms with Crippen LogP contribution in [0.3, 0.4) is 0 Å². The molecule has 2 heterocycles. The van der Waals surface area contributed by atoms with Gasteiger partial charge >= 0.3 is 12.3 Å². The largest absolute Gasteiger partial charge is 0.476 e. The zero-order valence-corrected chi connectivity index (χ0v) is 27.1. The Bertz CT molecular complexity index is 1270. The first-order valence-electron chi connectivity index (χ1n) is 15.0. The Kier molecular flexibility index (Phi) is 10.2. The highest BCUT2D eigenvalue weighted by Crippen LogP contribution is 2.44. The van der Waals surface area contributed by atoms with Crippen molar-refractivity contribution < 1.29 is 41.8 Å². The molecule has 0 spiro atoms. The standard InChI is InChI=1S/C31H45F3N4O6/c1-10-25(39)35-19(4)16-37-23-14-21(22(31(32,33)34)15-24(23)43-30(8,9)27(37)41)26(40)38(18(2)3)20-12-11-13-36(17-20)28(42)44-29(5,6)7/h14-15,18-20H,10-13,16-17H2,1-9H3,(H,35,39)/t19-,20+/m0/s1. The van der Waals surface area contributed by atoms with E-state index in [1.54, 1.807) is 48.5 Å². The van der Waals surface area contributed by atoms with Gasteiger partial charge in [-0.2, -0.15) is 13.2 Å². The van der Waals surface area contributed by atoms with E-state index < -0.39 is 64.5 Å². The molecule has 0 radical (unpaired) electrons. The molecule has 0 bridgehead atoms. The molecule has 2 aliphatic rings. The van der Waals surface area contributed by atoms with Gasteiger partial charge < -0.3 is 29.5 Å². The van der Waals surface area contributed by atoms with Crippen molar-refractivity contribution in [3.05, 3.63) is 23.3 Å². The van der Waals surface area contributed by atoms with Gasteiger partial charge in [0.05, 0.1) is 22.9 Å². The van der Waals surface area contributed by atoms with Gasteiger partial charge in [-0.25, -0.2) is 4.79 Å². The van der Waals surface area contributed by atoms with Gasteiger partial charge in [-0.05, 0) is 80.4 Å². The minimum Gasteiger partial charge on any atom is -0.476 e. The van der Waals surface area contributed by atoms with Crippen molar-refractivity contribution in [2.75, 3.05) is 24.5 Å². The maximum absolute atomic E-state index is 14.5. The molecular weight excluding hydrogens is 581 g/mol. The third-order valence-corrected chi connectivity index (χ3v) is 7.47. The molecule has 1 fully saturated rings. The fourth-order valence-electron chi connectivity index (χ4n) is 5.54. The summed E-state index contributed by atoms with van der Waals surface area (Å²) < 4.78 is 54.9. The lowest BCUT2D eigenvalue weighted by Gasteiger charge is -2.42. The zero-order chi connectivity index (χ0) is 33.4. The van der Waals surface area contributed by atoms with Crippen LogP contribution in [0.5, 0.6) is 5.75 Å². The first kappa shape index (κ1) is 35.0. The van der Waals surface area contributed by atoms with Crippen LogP contribution < -0.4 is 15.0 Å². The number of ether oxygens (including phenoxy) is 2. The summed E-state index contributed by atoms with van der Waals surface area (Å²) in [4.78, 5) is 56.5. The predicted octanol–water partition coefficient (Wildman–Crippen LogP) is 5.37. The van der Waals surface area contributed by atoms with Crippen LogP contribution in [0.1, 0.15) is 97.5 Å². The molecule has 13 heteroatoms. The average molecular weight is 627 g/mol. The fraction of sp³-hybridized carbons (Fsp3) is 0.677. The third-order valence-electron chi connectivity index (χ3n) is 7.47. The second-order valence-electron chi connectivity index (χ2n) is 13.2. The molecule has 1 saturated heterocycles. The van der Waals surface area contributed by atoms with Crippen LogP contribution in [-0.2, 0) is 20.5 Å². The smallest absolute Gasteiger partial charge is 0.417 e. The van der Waals surface area contributed by atoms with Gasteiger partial charge in [0.25, 0.3) is 11.8 Å². The third kappa shape index (κ3) is 7.95. The molecule has 0 unspecified atom stereocenters. The van der Waals surface area contributed by atoms with Crippen LogP contribution >= 0.6 is 0 Å². The van der Waals surface area contributed by atoms with Gasteiger partial charge in [0.15, 0.2) is 5.60 Å². The number of halogens is 3. The van der Waals surface area contributed by atoms with Crippen LogP contribution in [0, 0.1) is 0 Å². The van der Waals surface area contributed by atoms with Gasteiger partial charge in [0.2, 0.25) is 5.91 Å². The van der Waals surface area contributed by atoms with Gasteiger partial charge in [-0.1, -0.05) is 6.92 Å². The van der Waals surface area contributed by atoms with Crippen molar-refractivity contribution >= 4 is 29.5 Å². The van der Waals surface area contributed by atoms with E-state index in [1.165, 1.54) is 28.5 Å². The highest BCUT2D eigenvalue weighted by atomic mass is 19.4. The van der Waals surface area contributed by atoms with Crippen LogP contribution in [0.25, 0.3) is 0 Å². The van der Waals surface area contributed by atoms with Crippen LogP contribution in [0.15, 0.2) is 12.1 Å². The highest BCUT2D eigenvalue weighted by Gasteiger charge is 2.46. The van der Waals surface area contributed by atoms with Crippen molar-refractivity contribution in [3.63, 3.8) is 0 Å². The number of alkyl halides is 3. The van der Waals surface area contributed by atoms with Gasteiger partial charge in [0.1, 0.15) is 11.4 Å². The lowest BCUT2D eigenvalue weighted by molar-refractivity contribution is -0.138. The number of benzene rings is 1. The van der Waals surface area contributed by atoms with Gasteiger partial charge in [-0.3, -0.25) is 14.4 Å². The second kappa shape index (κ2) is 12.8. The Labute approximate surface area is 257 Å². The molecule has 10 nitrogen and oxygen atoms in total. The van der Waals surface area contributed by atoms with Crippen LogP contribution in [-0.4, -0.2) is 82.6 Å². The molecule has 4 amide bonds. The molecule has 0 saturated carbocycles. The Balaban J connectivity index is 2.08. The molecule has 0 aliphatic carbocycles. The van der Waals surface area contributed by atoms with Crippen molar-refractivity contribution in [2.45, 2.75) is 117 Å². The SMILES string of the molecule is CCC(=O)N[C@@H](C)CN1C(=O)C(C)(C)Oc2cc(C(F)(F)F)c(C(=O)N(C(C)C)[C@@H]3CCCN(C(=O)OC(C)(C)C)C3)cc21. The summed E-state index contributed by atoms with van der Waals surface area (Å²) in [6.45, 7) is 15.3. The first-order chi connectivity index (χ1) is 20.2. The predicted molar refractivity (Wildman–Crippen MR) is 159 cm³/mol. The second-order valence-corrected chi connectivity index (χ2v) is 13.2. The number of amides is 4. The molecule has 1 aromatic rings. The van der Waals surface area contributed by atoms with E-state index in [0.29, 0.717) is 19.4 Å². The minimum absolute atomic E-state index is 0.00556. The van der Waals surface area contributed by atoms with E-state index in [-0.39, 0.29) is 36.9 Å². The number of nitrogens with zero attached hydrogens (tertiary/aromatic N) is 3. The van der Waals surface area contributed by atoms with E-state index in [9.17, 15) is 32.3 Å². The number of fused-ring (bicyclic) bond motifs is 1.